The number of carbonyl (C=O) groups excluding carboxylic acids is 1. The van der Waals surface area contributed by atoms with Gasteiger partial charge in [-0.1, -0.05) is 11.8 Å². The summed E-state index contributed by atoms with van der Waals surface area (Å²) < 4.78 is 5.69. The first-order valence-electron chi connectivity index (χ1n) is 6.64. The van der Waals surface area contributed by atoms with Gasteiger partial charge in [-0.15, -0.1) is 0 Å². The molecule has 1 aromatic carbocycles. The van der Waals surface area contributed by atoms with Crippen LogP contribution in [-0.2, 0) is 11.2 Å². The number of carbonyl (C=O) groups is 1. The minimum absolute atomic E-state index is 0.0326. The molecule has 1 heterocycles. The molecule has 0 spiro atoms. The van der Waals surface area contributed by atoms with Gasteiger partial charge in [0.1, 0.15) is 5.75 Å². The van der Waals surface area contributed by atoms with Gasteiger partial charge >= 0.3 is 0 Å². The Bertz CT molecular complexity index is 493. The summed E-state index contributed by atoms with van der Waals surface area (Å²) in [7, 11) is 0. The molecule has 0 aromatic heterocycles. The van der Waals surface area contributed by atoms with Crippen LogP contribution in [0.2, 0.25) is 0 Å². The highest BCUT2D eigenvalue weighted by Crippen LogP contribution is 2.26. The number of nitrogens with one attached hydrogen (secondary N) is 2. The summed E-state index contributed by atoms with van der Waals surface area (Å²) in [5, 5.41) is 9.76. The van der Waals surface area contributed by atoms with Crippen molar-refractivity contribution in [1.82, 2.24) is 0 Å². The van der Waals surface area contributed by atoms with E-state index in [2.05, 4.69) is 5.32 Å². The van der Waals surface area contributed by atoms with E-state index in [0.29, 0.717) is 13.0 Å². The van der Waals surface area contributed by atoms with Gasteiger partial charge in [0.2, 0.25) is 5.91 Å². The summed E-state index contributed by atoms with van der Waals surface area (Å²) >= 11 is 1.32. The van der Waals surface area contributed by atoms with Crippen LogP contribution in [0.4, 0.5) is 5.69 Å². The molecule has 6 heteroatoms. The summed E-state index contributed by atoms with van der Waals surface area (Å²) in [6, 6.07) is 5.75. The third-order valence-electron chi connectivity index (χ3n) is 3.12. The smallest absolute Gasteiger partial charge is 0.224 e. The second-order valence-corrected chi connectivity index (χ2v) is 5.76. The average Bonchev–Trinajstić information content (AvgIpc) is 2.44. The second kappa shape index (κ2) is 7.31. The van der Waals surface area contributed by atoms with E-state index in [-0.39, 0.29) is 11.3 Å². The van der Waals surface area contributed by atoms with Crippen molar-refractivity contribution in [2.75, 3.05) is 11.9 Å². The fourth-order valence-electron chi connectivity index (χ4n) is 2.08. The summed E-state index contributed by atoms with van der Waals surface area (Å²) in [6.07, 6.45) is 2.97. The van der Waals surface area contributed by atoms with Gasteiger partial charge in [-0.25, -0.2) is 0 Å². The molecule has 0 saturated heterocycles. The molecule has 2 rings (SSSR count). The number of benzene rings is 1. The third-order valence-corrected chi connectivity index (χ3v) is 3.84. The lowest BCUT2D eigenvalue weighted by Crippen LogP contribution is -2.19. The van der Waals surface area contributed by atoms with E-state index in [1.54, 1.807) is 0 Å². The lowest BCUT2D eigenvalue weighted by molar-refractivity contribution is -0.116. The first-order valence-corrected chi connectivity index (χ1v) is 7.59. The average molecular weight is 293 g/mol. The molecular formula is C14H19N3O2S. The van der Waals surface area contributed by atoms with Gasteiger partial charge in [0.15, 0.2) is 0 Å². The number of hydrogen-bond acceptors (Lipinski definition) is 5. The highest BCUT2D eigenvalue weighted by Gasteiger charge is 2.14. The molecular weight excluding hydrogens is 274 g/mol. The maximum Gasteiger partial charge on any atom is 0.224 e. The zero-order chi connectivity index (χ0) is 14.4. The van der Waals surface area contributed by atoms with E-state index >= 15 is 0 Å². The molecule has 0 aliphatic carbocycles. The zero-order valence-electron chi connectivity index (χ0n) is 11.2. The summed E-state index contributed by atoms with van der Waals surface area (Å²) in [6.45, 7) is 0.609. The number of amides is 1. The van der Waals surface area contributed by atoms with E-state index in [4.69, 9.17) is 15.9 Å². The van der Waals surface area contributed by atoms with Crippen LogP contribution in [0.5, 0.6) is 5.75 Å². The van der Waals surface area contributed by atoms with Crippen molar-refractivity contribution < 1.29 is 9.53 Å². The Balaban J connectivity index is 1.79. The van der Waals surface area contributed by atoms with Crippen molar-refractivity contribution in [3.63, 3.8) is 0 Å². The van der Waals surface area contributed by atoms with Crippen molar-refractivity contribution in [3.05, 3.63) is 23.8 Å². The Labute approximate surface area is 122 Å². The van der Waals surface area contributed by atoms with Gasteiger partial charge in [-0.05, 0) is 43.0 Å². The highest BCUT2D eigenvalue weighted by atomic mass is 32.2. The molecule has 0 fully saturated rings. The standard InChI is InChI=1S/C14H19N3O2S/c15-9-20-13(16)2-1-7-19-11-4-5-12-10(8-11)3-6-14(18)17-12/h4-5,8-9,13,15H,1-3,6-7,16H2,(H,17,18). The van der Waals surface area contributed by atoms with Crippen LogP contribution in [-0.4, -0.2) is 23.4 Å². The molecule has 4 N–H and O–H groups in total. The van der Waals surface area contributed by atoms with Gasteiger partial charge in [-0.2, -0.15) is 0 Å². The molecule has 1 aliphatic rings. The Morgan fingerprint density at radius 2 is 2.35 bits per heavy atom. The predicted molar refractivity (Wildman–Crippen MR) is 82.5 cm³/mol. The van der Waals surface area contributed by atoms with Crippen molar-refractivity contribution in [1.29, 1.82) is 5.41 Å². The van der Waals surface area contributed by atoms with E-state index in [9.17, 15) is 4.79 Å². The minimum Gasteiger partial charge on any atom is -0.494 e. The van der Waals surface area contributed by atoms with Gasteiger partial charge in [0, 0.05) is 12.1 Å². The zero-order valence-corrected chi connectivity index (χ0v) is 12.0. The van der Waals surface area contributed by atoms with E-state index in [1.807, 2.05) is 18.2 Å². The Kier molecular flexibility index (Phi) is 5.43. The van der Waals surface area contributed by atoms with Crippen LogP contribution in [0.25, 0.3) is 0 Å². The predicted octanol–water partition coefficient (Wildman–Crippen LogP) is 2.36. The number of hydrogen-bond donors (Lipinski definition) is 3. The lowest BCUT2D eigenvalue weighted by Gasteiger charge is -2.17. The van der Waals surface area contributed by atoms with Crippen LogP contribution in [0, 0.1) is 5.41 Å². The number of thioether (sulfide) groups is 1. The van der Waals surface area contributed by atoms with Crippen LogP contribution < -0.4 is 15.8 Å². The first kappa shape index (κ1) is 14.9. The van der Waals surface area contributed by atoms with E-state index in [1.165, 1.54) is 17.3 Å². The molecule has 1 aromatic rings. The fourth-order valence-corrected chi connectivity index (χ4v) is 2.56. The van der Waals surface area contributed by atoms with Crippen molar-refractivity contribution >= 4 is 28.9 Å². The number of aryl methyl sites for hydroxylation is 1. The van der Waals surface area contributed by atoms with Crippen LogP contribution in [0.3, 0.4) is 0 Å². The molecule has 20 heavy (non-hydrogen) atoms. The summed E-state index contributed by atoms with van der Waals surface area (Å²) in [5.74, 6) is 0.900. The lowest BCUT2D eigenvalue weighted by atomic mass is 10.0. The number of ether oxygens (including phenoxy) is 1. The normalized spacial score (nSPS) is 15.2. The van der Waals surface area contributed by atoms with Crippen molar-refractivity contribution in [2.24, 2.45) is 5.73 Å². The molecule has 5 nitrogen and oxygen atoms in total. The van der Waals surface area contributed by atoms with Crippen LogP contribution in [0.1, 0.15) is 24.8 Å². The molecule has 1 unspecified atom stereocenters. The van der Waals surface area contributed by atoms with Gasteiger partial charge < -0.3 is 21.2 Å². The molecule has 0 bridgehead atoms. The summed E-state index contributed by atoms with van der Waals surface area (Å²) in [4.78, 5) is 11.3. The van der Waals surface area contributed by atoms with E-state index < -0.39 is 0 Å². The maximum absolute atomic E-state index is 11.3. The molecule has 1 atom stereocenters. The Morgan fingerprint density at radius 1 is 1.50 bits per heavy atom. The topological polar surface area (TPSA) is 88.2 Å². The fraction of sp³-hybridized carbons (Fsp3) is 0.429. The monoisotopic (exact) mass is 293 g/mol. The molecule has 108 valence electrons. The number of fused-ring (bicyclic) bond motifs is 1. The van der Waals surface area contributed by atoms with E-state index in [0.717, 1.165) is 36.3 Å². The van der Waals surface area contributed by atoms with Gasteiger partial charge in [0.05, 0.1) is 17.5 Å². The minimum atomic E-state index is -0.0326. The summed E-state index contributed by atoms with van der Waals surface area (Å²) in [5.41, 5.74) is 9.06. The highest BCUT2D eigenvalue weighted by molar-refractivity contribution is 8.12. The quantitative estimate of drug-likeness (QED) is 0.312. The van der Waals surface area contributed by atoms with Crippen LogP contribution in [0.15, 0.2) is 18.2 Å². The molecule has 0 radical (unpaired) electrons. The molecule has 0 saturated carbocycles. The number of rotatable bonds is 7. The SMILES string of the molecule is N=CSC(N)CCCOc1ccc2c(c1)CCC(=O)N2. The van der Waals surface area contributed by atoms with Crippen molar-refractivity contribution in [2.45, 2.75) is 31.1 Å². The largest absolute Gasteiger partial charge is 0.494 e. The van der Waals surface area contributed by atoms with Crippen LogP contribution >= 0.6 is 11.8 Å². The number of nitrogens with two attached hydrogens (primary N) is 1. The first-order chi connectivity index (χ1) is 9.69. The third kappa shape index (κ3) is 4.25. The van der Waals surface area contributed by atoms with Crippen molar-refractivity contribution in [3.8, 4) is 5.75 Å². The molecule has 1 aliphatic heterocycles. The molecule has 1 amide bonds. The Hall–Kier alpha value is -1.53. The van der Waals surface area contributed by atoms with Gasteiger partial charge in [0.25, 0.3) is 0 Å². The van der Waals surface area contributed by atoms with Gasteiger partial charge in [-0.3, -0.25) is 4.79 Å². The Morgan fingerprint density at radius 3 is 3.15 bits per heavy atom. The second-order valence-electron chi connectivity index (χ2n) is 4.65. The number of anilines is 1. The maximum atomic E-state index is 11.3.